The lowest BCUT2D eigenvalue weighted by Gasteiger charge is -2.36. The van der Waals surface area contributed by atoms with Crippen molar-refractivity contribution < 1.29 is 0 Å². The maximum absolute atomic E-state index is 8.36. The van der Waals surface area contributed by atoms with Crippen molar-refractivity contribution in [1.82, 2.24) is 9.80 Å². The molecule has 0 atom stereocenters. The maximum atomic E-state index is 8.36. The Morgan fingerprint density at radius 3 is 2.04 bits per heavy atom. The summed E-state index contributed by atoms with van der Waals surface area (Å²) >= 11 is 1.94. The van der Waals surface area contributed by atoms with Gasteiger partial charge in [0.15, 0.2) is 0 Å². The van der Waals surface area contributed by atoms with Crippen molar-refractivity contribution in [3.8, 4) is 0 Å². The van der Waals surface area contributed by atoms with Crippen molar-refractivity contribution in [3.63, 3.8) is 0 Å². The SMILES string of the molecule is Cl.Cl.N=C(c1ccccc1)N1CCN(CCCSc2ccccc2)CC1. The molecule has 0 radical (unpaired) electrons. The molecule has 1 N–H and O–H groups in total. The van der Waals surface area contributed by atoms with E-state index in [0.29, 0.717) is 5.84 Å². The summed E-state index contributed by atoms with van der Waals surface area (Å²) in [5.74, 6) is 1.83. The molecule has 0 aliphatic carbocycles. The molecule has 2 aromatic carbocycles. The summed E-state index contributed by atoms with van der Waals surface area (Å²) in [6.45, 7) is 5.20. The largest absolute Gasteiger partial charge is 0.354 e. The van der Waals surface area contributed by atoms with Gasteiger partial charge in [-0.15, -0.1) is 36.6 Å². The van der Waals surface area contributed by atoms with Gasteiger partial charge in [0.1, 0.15) is 5.84 Å². The van der Waals surface area contributed by atoms with E-state index in [4.69, 9.17) is 5.41 Å². The molecule has 0 aromatic heterocycles. The van der Waals surface area contributed by atoms with Gasteiger partial charge in [-0.25, -0.2) is 0 Å². The van der Waals surface area contributed by atoms with Gasteiger partial charge in [-0.05, 0) is 30.9 Å². The topological polar surface area (TPSA) is 30.3 Å². The predicted molar refractivity (Wildman–Crippen MR) is 118 cm³/mol. The molecule has 0 unspecified atom stereocenters. The van der Waals surface area contributed by atoms with Crippen molar-refractivity contribution in [2.75, 3.05) is 38.5 Å². The Hall–Kier alpha value is -1.20. The fraction of sp³-hybridized carbons (Fsp3) is 0.350. The molecule has 6 heteroatoms. The van der Waals surface area contributed by atoms with E-state index in [1.54, 1.807) is 0 Å². The normalized spacial score (nSPS) is 14.2. The van der Waals surface area contributed by atoms with Crippen LogP contribution < -0.4 is 0 Å². The van der Waals surface area contributed by atoms with E-state index in [1.165, 1.54) is 17.1 Å². The molecule has 3 nitrogen and oxygen atoms in total. The van der Waals surface area contributed by atoms with Crippen LogP contribution in [0, 0.1) is 5.41 Å². The molecule has 1 saturated heterocycles. The number of rotatable bonds is 6. The molecule has 142 valence electrons. The van der Waals surface area contributed by atoms with Crippen molar-refractivity contribution in [1.29, 1.82) is 5.41 Å². The summed E-state index contributed by atoms with van der Waals surface area (Å²) in [6.07, 6.45) is 1.22. The zero-order valence-corrected chi connectivity index (χ0v) is 17.3. The first-order valence-electron chi connectivity index (χ1n) is 8.62. The minimum Gasteiger partial charge on any atom is -0.354 e. The Morgan fingerprint density at radius 2 is 1.42 bits per heavy atom. The van der Waals surface area contributed by atoms with Crippen molar-refractivity contribution >= 4 is 42.4 Å². The Bertz CT molecular complexity index is 632. The van der Waals surface area contributed by atoms with Gasteiger partial charge in [-0.2, -0.15) is 0 Å². The molecule has 0 amide bonds. The number of halogens is 2. The fourth-order valence-electron chi connectivity index (χ4n) is 2.97. The third-order valence-corrected chi connectivity index (χ3v) is 5.46. The Balaban J connectivity index is 0.00000169. The molecular formula is C20H27Cl2N3S. The average molecular weight is 412 g/mol. The molecule has 1 heterocycles. The monoisotopic (exact) mass is 411 g/mol. The fourth-order valence-corrected chi connectivity index (χ4v) is 3.83. The number of amidine groups is 1. The summed E-state index contributed by atoms with van der Waals surface area (Å²) in [7, 11) is 0. The van der Waals surface area contributed by atoms with E-state index in [9.17, 15) is 0 Å². The highest BCUT2D eigenvalue weighted by molar-refractivity contribution is 7.99. The van der Waals surface area contributed by atoms with Gasteiger partial charge in [-0.3, -0.25) is 10.3 Å². The minimum absolute atomic E-state index is 0. The van der Waals surface area contributed by atoms with Gasteiger partial charge >= 0.3 is 0 Å². The van der Waals surface area contributed by atoms with Crippen LogP contribution in [0.4, 0.5) is 0 Å². The van der Waals surface area contributed by atoms with Gasteiger partial charge < -0.3 is 4.90 Å². The van der Waals surface area contributed by atoms with E-state index in [-0.39, 0.29) is 24.8 Å². The van der Waals surface area contributed by atoms with Gasteiger partial charge in [-0.1, -0.05) is 48.5 Å². The van der Waals surface area contributed by atoms with Gasteiger partial charge in [0, 0.05) is 36.6 Å². The lowest BCUT2D eigenvalue weighted by Crippen LogP contribution is -2.48. The second-order valence-corrected chi connectivity index (χ2v) is 7.23. The molecule has 2 aromatic rings. The van der Waals surface area contributed by atoms with E-state index in [1.807, 2.05) is 42.1 Å². The lowest BCUT2D eigenvalue weighted by atomic mass is 10.1. The quantitative estimate of drug-likeness (QED) is 0.324. The van der Waals surface area contributed by atoms with Crippen molar-refractivity contribution in [3.05, 3.63) is 66.2 Å². The first-order valence-corrected chi connectivity index (χ1v) is 9.60. The highest BCUT2D eigenvalue weighted by Gasteiger charge is 2.19. The number of benzene rings is 2. The van der Waals surface area contributed by atoms with Crippen LogP contribution in [0.2, 0.25) is 0 Å². The number of hydrogen-bond acceptors (Lipinski definition) is 3. The number of piperazine rings is 1. The standard InChI is InChI=1S/C20H25N3S.2ClH/c21-20(18-8-3-1-4-9-18)23-15-13-22(14-16-23)12-7-17-24-19-10-5-2-6-11-19;;/h1-6,8-11,21H,7,12-17H2;2*1H. The summed E-state index contributed by atoms with van der Waals surface area (Å²) in [5, 5.41) is 8.36. The predicted octanol–water partition coefficient (Wildman–Crippen LogP) is 4.66. The van der Waals surface area contributed by atoms with Crippen LogP contribution in [0.1, 0.15) is 12.0 Å². The third-order valence-electron chi connectivity index (χ3n) is 4.37. The number of thioether (sulfide) groups is 1. The van der Waals surface area contributed by atoms with E-state index in [2.05, 4.69) is 40.1 Å². The smallest absolute Gasteiger partial charge is 0.128 e. The second kappa shape index (κ2) is 12.2. The third kappa shape index (κ3) is 6.84. The van der Waals surface area contributed by atoms with E-state index < -0.39 is 0 Å². The molecule has 26 heavy (non-hydrogen) atoms. The summed E-state index contributed by atoms with van der Waals surface area (Å²) < 4.78 is 0. The first-order chi connectivity index (χ1) is 11.8. The minimum atomic E-state index is 0. The molecule has 1 aliphatic rings. The van der Waals surface area contributed by atoms with Gasteiger partial charge in [0.05, 0.1) is 0 Å². The molecule has 1 aliphatic heterocycles. The highest BCUT2D eigenvalue weighted by atomic mass is 35.5. The molecule has 0 bridgehead atoms. The lowest BCUT2D eigenvalue weighted by molar-refractivity contribution is 0.182. The van der Waals surface area contributed by atoms with Crippen LogP contribution in [0.25, 0.3) is 0 Å². The van der Waals surface area contributed by atoms with E-state index in [0.717, 1.165) is 38.3 Å². The Morgan fingerprint density at radius 1 is 0.846 bits per heavy atom. The van der Waals surface area contributed by atoms with E-state index >= 15 is 0 Å². The molecule has 0 spiro atoms. The van der Waals surface area contributed by atoms with Gasteiger partial charge in [0.2, 0.25) is 0 Å². The second-order valence-electron chi connectivity index (χ2n) is 6.06. The van der Waals surface area contributed by atoms with Crippen molar-refractivity contribution in [2.24, 2.45) is 0 Å². The van der Waals surface area contributed by atoms with Crippen molar-refractivity contribution in [2.45, 2.75) is 11.3 Å². The zero-order valence-electron chi connectivity index (χ0n) is 14.8. The Kier molecular flexibility index (Phi) is 10.7. The zero-order chi connectivity index (χ0) is 16.6. The first kappa shape index (κ1) is 22.8. The number of nitrogens with zero attached hydrogens (tertiary/aromatic N) is 2. The Labute approximate surface area is 173 Å². The van der Waals surface area contributed by atoms with Crippen LogP contribution in [0.3, 0.4) is 0 Å². The summed E-state index contributed by atoms with van der Waals surface area (Å²) in [6, 6.07) is 20.7. The molecular weight excluding hydrogens is 385 g/mol. The van der Waals surface area contributed by atoms with Crippen LogP contribution in [-0.2, 0) is 0 Å². The summed E-state index contributed by atoms with van der Waals surface area (Å²) in [4.78, 5) is 6.09. The molecule has 1 fully saturated rings. The maximum Gasteiger partial charge on any atom is 0.128 e. The average Bonchev–Trinajstić information content (AvgIpc) is 2.67. The van der Waals surface area contributed by atoms with Crippen LogP contribution in [0.15, 0.2) is 65.6 Å². The van der Waals surface area contributed by atoms with Gasteiger partial charge in [0.25, 0.3) is 0 Å². The highest BCUT2D eigenvalue weighted by Crippen LogP contribution is 2.18. The molecule has 0 saturated carbocycles. The van der Waals surface area contributed by atoms with Crippen LogP contribution in [0.5, 0.6) is 0 Å². The van der Waals surface area contributed by atoms with Crippen LogP contribution in [-0.4, -0.2) is 54.1 Å². The number of hydrogen-bond donors (Lipinski definition) is 1. The van der Waals surface area contributed by atoms with Crippen LogP contribution >= 0.6 is 36.6 Å². The molecule has 3 rings (SSSR count). The summed E-state index contributed by atoms with van der Waals surface area (Å²) in [5.41, 5.74) is 1.02. The number of nitrogens with one attached hydrogen (secondary N) is 1.